The van der Waals surface area contributed by atoms with Crippen molar-refractivity contribution in [2.24, 2.45) is 0 Å². The zero-order valence-electron chi connectivity index (χ0n) is 11.1. The lowest BCUT2D eigenvalue weighted by molar-refractivity contribution is -0.131. The van der Waals surface area contributed by atoms with Gasteiger partial charge in [-0.3, -0.25) is 0 Å². The quantitative estimate of drug-likeness (QED) is 0.843. The number of ether oxygens (including phenoxy) is 1. The summed E-state index contributed by atoms with van der Waals surface area (Å²) in [5.41, 5.74) is 0.714. The smallest absolute Gasteiger partial charge is 0.328 e. The van der Waals surface area contributed by atoms with Crippen LogP contribution in [-0.2, 0) is 4.79 Å². The van der Waals surface area contributed by atoms with Crippen LogP contribution in [0.4, 0.5) is 0 Å². The Kier molecular flexibility index (Phi) is 4.14. The molecule has 0 saturated heterocycles. The summed E-state index contributed by atoms with van der Waals surface area (Å²) < 4.78 is 10.9. The standard InChI is InChI=1S/C14H14N2O4/c1-9(2)19-11-5-3-4-10(8-11)14-16-15-12(20-14)6-7-13(17)18/h3-9H,1-2H3,(H,17,18)/b7-6+. The molecule has 0 aliphatic carbocycles. The van der Waals surface area contributed by atoms with Crippen LogP contribution in [0.3, 0.4) is 0 Å². The molecule has 1 aromatic carbocycles. The van der Waals surface area contributed by atoms with Gasteiger partial charge in [0.15, 0.2) is 0 Å². The number of hydrogen-bond acceptors (Lipinski definition) is 5. The third kappa shape index (κ3) is 3.68. The van der Waals surface area contributed by atoms with Gasteiger partial charge < -0.3 is 14.3 Å². The van der Waals surface area contributed by atoms with Crippen molar-refractivity contribution in [1.82, 2.24) is 10.2 Å². The predicted molar refractivity (Wildman–Crippen MR) is 72.2 cm³/mol. The van der Waals surface area contributed by atoms with Crippen LogP contribution >= 0.6 is 0 Å². The summed E-state index contributed by atoms with van der Waals surface area (Å²) in [6.07, 6.45) is 2.25. The molecule has 1 N–H and O–H groups in total. The van der Waals surface area contributed by atoms with E-state index in [0.29, 0.717) is 17.2 Å². The Morgan fingerprint density at radius 2 is 2.20 bits per heavy atom. The van der Waals surface area contributed by atoms with Gasteiger partial charge in [0.05, 0.1) is 6.10 Å². The molecule has 2 rings (SSSR count). The van der Waals surface area contributed by atoms with Gasteiger partial charge in [-0.2, -0.15) is 0 Å². The van der Waals surface area contributed by atoms with E-state index >= 15 is 0 Å². The summed E-state index contributed by atoms with van der Waals surface area (Å²) in [4.78, 5) is 10.4. The minimum absolute atomic E-state index is 0.0713. The van der Waals surface area contributed by atoms with E-state index in [-0.39, 0.29) is 12.0 Å². The first kappa shape index (κ1) is 13.8. The van der Waals surface area contributed by atoms with Gasteiger partial charge in [-0.25, -0.2) is 4.79 Å². The van der Waals surface area contributed by atoms with E-state index in [0.717, 1.165) is 6.08 Å². The molecule has 2 aromatic rings. The summed E-state index contributed by atoms with van der Waals surface area (Å²) in [7, 11) is 0. The Labute approximate surface area is 115 Å². The SMILES string of the molecule is CC(C)Oc1cccc(-c2nnc(/C=C/C(=O)O)o2)c1. The molecule has 0 spiro atoms. The van der Waals surface area contributed by atoms with Crippen molar-refractivity contribution in [1.29, 1.82) is 0 Å². The zero-order valence-corrected chi connectivity index (χ0v) is 11.1. The van der Waals surface area contributed by atoms with Crippen molar-refractivity contribution in [3.63, 3.8) is 0 Å². The maximum Gasteiger partial charge on any atom is 0.328 e. The highest BCUT2D eigenvalue weighted by Gasteiger charge is 2.08. The first-order chi connectivity index (χ1) is 9.54. The van der Waals surface area contributed by atoms with E-state index in [4.69, 9.17) is 14.3 Å². The number of aliphatic carboxylic acids is 1. The molecule has 1 heterocycles. The van der Waals surface area contributed by atoms with Gasteiger partial charge in [-0.15, -0.1) is 10.2 Å². The lowest BCUT2D eigenvalue weighted by atomic mass is 10.2. The summed E-state index contributed by atoms with van der Waals surface area (Å²) in [6, 6.07) is 7.26. The van der Waals surface area contributed by atoms with Crippen molar-refractivity contribution >= 4 is 12.0 Å². The molecular weight excluding hydrogens is 260 g/mol. The van der Waals surface area contributed by atoms with Gasteiger partial charge in [0.25, 0.3) is 0 Å². The van der Waals surface area contributed by atoms with Crippen molar-refractivity contribution in [2.75, 3.05) is 0 Å². The monoisotopic (exact) mass is 274 g/mol. The second kappa shape index (κ2) is 6.01. The van der Waals surface area contributed by atoms with Crippen LogP contribution in [0.5, 0.6) is 5.75 Å². The third-order valence-corrected chi connectivity index (χ3v) is 2.26. The Bertz CT molecular complexity index is 632. The number of rotatable bonds is 5. The summed E-state index contributed by atoms with van der Waals surface area (Å²) in [5, 5.41) is 16.1. The number of hydrogen-bond donors (Lipinski definition) is 1. The zero-order chi connectivity index (χ0) is 14.5. The topological polar surface area (TPSA) is 85.5 Å². The molecule has 0 aliphatic rings. The first-order valence-corrected chi connectivity index (χ1v) is 6.06. The van der Waals surface area contributed by atoms with Gasteiger partial charge in [0, 0.05) is 17.7 Å². The molecule has 1 aromatic heterocycles. The Morgan fingerprint density at radius 3 is 2.90 bits per heavy atom. The fraction of sp³-hybridized carbons (Fsp3) is 0.214. The van der Waals surface area contributed by atoms with E-state index in [9.17, 15) is 4.79 Å². The molecule has 104 valence electrons. The van der Waals surface area contributed by atoms with Gasteiger partial charge in [0.1, 0.15) is 5.75 Å². The van der Waals surface area contributed by atoms with Gasteiger partial charge >= 0.3 is 5.97 Å². The van der Waals surface area contributed by atoms with E-state index in [1.807, 2.05) is 32.0 Å². The van der Waals surface area contributed by atoms with E-state index < -0.39 is 5.97 Å². The van der Waals surface area contributed by atoms with Gasteiger partial charge in [-0.05, 0) is 32.0 Å². The molecule has 0 atom stereocenters. The number of benzene rings is 1. The second-order valence-electron chi connectivity index (χ2n) is 4.31. The maximum absolute atomic E-state index is 10.4. The van der Waals surface area contributed by atoms with Crippen LogP contribution < -0.4 is 4.74 Å². The Balaban J connectivity index is 2.21. The highest BCUT2D eigenvalue weighted by atomic mass is 16.5. The maximum atomic E-state index is 10.4. The minimum atomic E-state index is -1.07. The molecular formula is C14H14N2O4. The highest BCUT2D eigenvalue weighted by Crippen LogP contribution is 2.23. The Morgan fingerprint density at radius 1 is 1.40 bits per heavy atom. The molecule has 0 unspecified atom stereocenters. The number of nitrogens with zero attached hydrogens (tertiary/aromatic N) is 2. The number of carboxylic acid groups (broad SMARTS) is 1. The Hall–Kier alpha value is -2.63. The average Bonchev–Trinajstić information content (AvgIpc) is 2.84. The van der Waals surface area contributed by atoms with Crippen molar-refractivity contribution in [2.45, 2.75) is 20.0 Å². The largest absolute Gasteiger partial charge is 0.491 e. The molecule has 0 bridgehead atoms. The molecule has 0 aliphatic heterocycles. The molecule has 0 radical (unpaired) electrons. The van der Waals surface area contributed by atoms with Crippen molar-refractivity contribution in [3.05, 3.63) is 36.2 Å². The second-order valence-corrected chi connectivity index (χ2v) is 4.31. The summed E-state index contributed by atoms with van der Waals surface area (Å²) in [6.45, 7) is 3.88. The first-order valence-electron chi connectivity index (χ1n) is 6.06. The number of carboxylic acids is 1. The normalized spacial score (nSPS) is 11.2. The number of aromatic nitrogens is 2. The predicted octanol–water partition coefficient (Wildman–Crippen LogP) is 2.62. The van der Waals surface area contributed by atoms with Gasteiger partial charge in [0.2, 0.25) is 11.8 Å². The summed E-state index contributed by atoms with van der Waals surface area (Å²) >= 11 is 0. The highest BCUT2D eigenvalue weighted by molar-refractivity contribution is 5.84. The molecule has 20 heavy (non-hydrogen) atoms. The van der Waals surface area contributed by atoms with Crippen LogP contribution in [0.1, 0.15) is 19.7 Å². The van der Waals surface area contributed by atoms with Crippen LogP contribution in [0.25, 0.3) is 17.5 Å². The lowest BCUT2D eigenvalue weighted by Gasteiger charge is -2.09. The fourth-order valence-electron chi connectivity index (χ4n) is 1.54. The van der Waals surface area contributed by atoms with Crippen molar-refractivity contribution in [3.8, 4) is 17.2 Å². The average molecular weight is 274 g/mol. The minimum Gasteiger partial charge on any atom is -0.491 e. The van der Waals surface area contributed by atoms with Crippen LogP contribution in [-0.4, -0.2) is 27.4 Å². The number of carbonyl (C=O) groups is 1. The van der Waals surface area contributed by atoms with Crippen LogP contribution in [0.2, 0.25) is 0 Å². The molecule has 0 amide bonds. The van der Waals surface area contributed by atoms with Gasteiger partial charge in [-0.1, -0.05) is 6.07 Å². The molecule has 6 nitrogen and oxygen atoms in total. The summed E-state index contributed by atoms with van der Waals surface area (Å²) in [5.74, 6) is 0.0808. The van der Waals surface area contributed by atoms with Crippen LogP contribution in [0.15, 0.2) is 34.8 Å². The fourth-order valence-corrected chi connectivity index (χ4v) is 1.54. The lowest BCUT2D eigenvalue weighted by Crippen LogP contribution is -2.05. The van der Waals surface area contributed by atoms with E-state index in [1.54, 1.807) is 6.07 Å². The van der Waals surface area contributed by atoms with Crippen molar-refractivity contribution < 1.29 is 19.1 Å². The van der Waals surface area contributed by atoms with E-state index in [2.05, 4.69) is 10.2 Å². The molecule has 6 heteroatoms. The van der Waals surface area contributed by atoms with Crippen LogP contribution in [0, 0.1) is 0 Å². The molecule has 0 saturated carbocycles. The third-order valence-electron chi connectivity index (χ3n) is 2.26. The van der Waals surface area contributed by atoms with E-state index in [1.165, 1.54) is 6.08 Å². The molecule has 0 fully saturated rings.